The summed E-state index contributed by atoms with van der Waals surface area (Å²) in [6, 6.07) is 50.7. The van der Waals surface area contributed by atoms with Crippen molar-refractivity contribution < 1.29 is 0 Å². The summed E-state index contributed by atoms with van der Waals surface area (Å²) in [6.45, 7) is 0. The van der Waals surface area contributed by atoms with Crippen LogP contribution in [0.25, 0.3) is 76.5 Å². The molecular weight excluding hydrogens is 482 g/mol. The van der Waals surface area contributed by atoms with Crippen LogP contribution in [0.15, 0.2) is 152 Å². The zero-order valence-corrected chi connectivity index (χ0v) is 21.9. The van der Waals surface area contributed by atoms with Crippen LogP contribution in [0.3, 0.4) is 0 Å². The molecule has 0 unspecified atom stereocenters. The van der Waals surface area contributed by atoms with Gasteiger partial charge in [0.1, 0.15) is 0 Å². The van der Waals surface area contributed by atoms with Crippen molar-refractivity contribution >= 4 is 43.1 Å². The van der Waals surface area contributed by atoms with Gasteiger partial charge in [0, 0.05) is 18.0 Å². The Morgan fingerprint density at radius 3 is 1.48 bits per heavy atom. The standard InChI is InChI=1S/C39H25N/c1-3-15-30-26(10-1)12-7-19-32(30)38-34-17-5-6-18-35(34)39(33-20-8-13-27-11-2-4-16-31(27)33)37-24-28(21-22-36(37)38)29-14-9-23-40-25-29/h1-25H. The van der Waals surface area contributed by atoms with Crippen molar-refractivity contribution in [1.82, 2.24) is 4.98 Å². The zero-order valence-electron chi connectivity index (χ0n) is 21.9. The lowest BCUT2D eigenvalue weighted by Gasteiger charge is -2.20. The molecule has 0 saturated carbocycles. The van der Waals surface area contributed by atoms with E-state index in [1.165, 1.54) is 70.9 Å². The Morgan fingerprint density at radius 2 is 0.875 bits per heavy atom. The normalized spacial score (nSPS) is 11.5. The highest BCUT2D eigenvalue weighted by molar-refractivity contribution is 6.25. The van der Waals surface area contributed by atoms with Gasteiger partial charge in [-0.05, 0) is 83.0 Å². The van der Waals surface area contributed by atoms with E-state index in [0.29, 0.717) is 0 Å². The number of hydrogen-bond donors (Lipinski definition) is 0. The third kappa shape index (κ3) is 3.52. The summed E-state index contributed by atoms with van der Waals surface area (Å²) in [6.07, 6.45) is 3.78. The van der Waals surface area contributed by atoms with Gasteiger partial charge in [-0.1, -0.05) is 127 Å². The van der Waals surface area contributed by atoms with Crippen LogP contribution < -0.4 is 0 Å². The molecule has 0 radical (unpaired) electrons. The molecule has 0 fully saturated rings. The third-order valence-electron chi connectivity index (χ3n) is 8.14. The first-order valence-corrected chi connectivity index (χ1v) is 13.7. The van der Waals surface area contributed by atoms with Crippen molar-refractivity contribution in [2.75, 3.05) is 0 Å². The van der Waals surface area contributed by atoms with Crippen LogP contribution in [0.5, 0.6) is 0 Å². The molecule has 0 N–H and O–H groups in total. The van der Waals surface area contributed by atoms with E-state index in [0.717, 1.165) is 5.56 Å². The molecule has 7 aromatic carbocycles. The molecular formula is C39H25N. The van der Waals surface area contributed by atoms with Crippen molar-refractivity contribution in [3.63, 3.8) is 0 Å². The molecule has 0 aliphatic heterocycles. The Hall–Kier alpha value is -5.27. The van der Waals surface area contributed by atoms with E-state index in [4.69, 9.17) is 0 Å². The molecule has 0 spiro atoms. The number of benzene rings is 7. The molecule has 0 atom stereocenters. The quantitative estimate of drug-likeness (QED) is 0.217. The maximum absolute atomic E-state index is 4.41. The lowest BCUT2D eigenvalue weighted by atomic mass is 9.83. The molecule has 186 valence electrons. The molecule has 8 aromatic rings. The molecule has 1 heterocycles. The van der Waals surface area contributed by atoms with E-state index in [9.17, 15) is 0 Å². The van der Waals surface area contributed by atoms with Crippen LogP contribution in [-0.2, 0) is 0 Å². The van der Waals surface area contributed by atoms with Crippen molar-refractivity contribution in [3.05, 3.63) is 152 Å². The zero-order chi connectivity index (χ0) is 26.5. The van der Waals surface area contributed by atoms with E-state index >= 15 is 0 Å². The van der Waals surface area contributed by atoms with Crippen molar-refractivity contribution in [3.8, 4) is 33.4 Å². The van der Waals surface area contributed by atoms with Gasteiger partial charge < -0.3 is 0 Å². The van der Waals surface area contributed by atoms with E-state index in [1.54, 1.807) is 0 Å². The summed E-state index contributed by atoms with van der Waals surface area (Å²) in [7, 11) is 0. The molecule has 1 aromatic heterocycles. The number of hydrogen-bond acceptors (Lipinski definition) is 1. The molecule has 1 heteroatoms. The van der Waals surface area contributed by atoms with Crippen LogP contribution >= 0.6 is 0 Å². The van der Waals surface area contributed by atoms with Gasteiger partial charge in [-0.3, -0.25) is 4.98 Å². The van der Waals surface area contributed by atoms with E-state index in [2.05, 4.69) is 138 Å². The van der Waals surface area contributed by atoms with Crippen LogP contribution in [0.1, 0.15) is 0 Å². The Balaban J connectivity index is 1.59. The Morgan fingerprint density at radius 1 is 0.350 bits per heavy atom. The van der Waals surface area contributed by atoms with Gasteiger partial charge in [0.05, 0.1) is 0 Å². The lowest BCUT2D eigenvalue weighted by Crippen LogP contribution is -1.93. The Kier molecular flexibility index (Phi) is 5.21. The lowest BCUT2D eigenvalue weighted by molar-refractivity contribution is 1.33. The first kappa shape index (κ1) is 22.7. The highest BCUT2D eigenvalue weighted by Crippen LogP contribution is 2.47. The maximum Gasteiger partial charge on any atom is 0.0346 e. The van der Waals surface area contributed by atoms with Crippen LogP contribution in [-0.4, -0.2) is 4.98 Å². The molecule has 8 rings (SSSR count). The van der Waals surface area contributed by atoms with E-state index < -0.39 is 0 Å². The minimum atomic E-state index is 1.12. The Bertz CT molecular complexity index is 2200. The Labute approximate surface area is 233 Å². The SMILES string of the molecule is c1cncc(-c2ccc3c(-c4cccc5ccccc45)c4ccccc4c(-c4cccc5ccccc45)c3c2)c1. The molecule has 0 saturated heterocycles. The topological polar surface area (TPSA) is 12.9 Å². The smallest absolute Gasteiger partial charge is 0.0346 e. The van der Waals surface area contributed by atoms with Gasteiger partial charge in [-0.2, -0.15) is 0 Å². The van der Waals surface area contributed by atoms with Gasteiger partial charge in [-0.25, -0.2) is 0 Å². The molecule has 0 bridgehead atoms. The van der Waals surface area contributed by atoms with Crippen LogP contribution in [0.4, 0.5) is 0 Å². The fourth-order valence-corrected chi connectivity index (χ4v) is 6.36. The number of rotatable bonds is 3. The van der Waals surface area contributed by atoms with Gasteiger partial charge in [0.15, 0.2) is 0 Å². The summed E-state index contributed by atoms with van der Waals surface area (Å²) in [5.74, 6) is 0. The monoisotopic (exact) mass is 507 g/mol. The summed E-state index contributed by atoms with van der Waals surface area (Å²) in [5.41, 5.74) is 7.36. The van der Waals surface area contributed by atoms with Gasteiger partial charge in [0.25, 0.3) is 0 Å². The average molecular weight is 508 g/mol. The van der Waals surface area contributed by atoms with Crippen molar-refractivity contribution in [1.29, 1.82) is 0 Å². The predicted octanol–water partition coefficient (Wildman–Crippen LogP) is 10.7. The van der Waals surface area contributed by atoms with Crippen LogP contribution in [0.2, 0.25) is 0 Å². The van der Waals surface area contributed by atoms with Gasteiger partial charge in [0.2, 0.25) is 0 Å². The predicted molar refractivity (Wildman–Crippen MR) is 171 cm³/mol. The van der Waals surface area contributed by atoms with Crippen LogP contribution in [0, 0.1) is 0 Å². The van der Waals surface area contributed by atoms with Crippen molar-refractivity contribution in [2.45, 2.75) is 0 Å². The van der Waals surface area contributed by atoms with Gasteiger partial charge in [-0.15, -0.1) is 0 Å². The summed E-state index contributed by atoms with van der Waals surface area (Å²) < 4.78 is 0. The number of aromatic nitrogens is 1. The first-order chi connectivity index (χ1) is 19.9. The largest absolute Gasteiger partial charge is 0.264 e. The molecule has 40 heavy (non-hydrogen) atoms. The minimum absolute atomic E-state index is 1.12. The fourth-order valence-electron chi connectivity index (χ4n) is 6.36. The highest BCUT2D eigenvalue weighted by Gasteiger charge is 2.19. The highest BCUT2D eigenvalue weighted by atomic mass is 14.6. The summed E-state index contributed by atoms with van der Waals surface area (Å²) >= 11 is 0. The van der Waals surface area contributed by atoms with Gasteiger partial charge >= 0.3 is 0 Å². The number of nitrogens with zero attached hydrogens (tertiary/aromatic N) is 1. The molecule has 0 amide bonds. The first-order valence-electron chi connectivity index (χ1n) is 13.7. The fraction of sp³-hybridized carbons (Fsp3) is 0. The van der Waals surface area contributed by atoms with E-state index in [-0.39, 0.29) is 0 Å². The summed E-state index contributed by atoms with van der Waals surface area (Å²) in [5, 5.41) is 10.1. The van der Waals surface area contributed by atoms with Crippen molar-refractivity contribution in [2.24, 2.45) is 0 Å². The minimum Gasteiger partial charge on any atom is -0.264 e. The third-order valence-corrected chi connectivity index (χ3v) is 8.14. The maximum atomic E-state index is 4.41. The number of pyridine rings is 1. The van der Waals surface area contributed by atoms with E-state index in [1.807, 2.05) is 18.5 Å². The molecule has 1 nitrogen and oxygen atoms in total. The molecule has 0 aliphatic carbocycles. The second-order valence-corrected chi connectivity index (χ2v) is 10.4. The summed E-state index contributed by atoms with van der Waals surface area (Å²) in [4.78, 5) is 4.41. The average Bonchev–Trinajstić information content (AvgIpc) is 3.03. The second kappa shape index (κ2) is 9.18. The second-order valence-electron chi connectivity index (χ2n) is 10.4. The number of fused-ring (bicyclic) bond motifs is 4. The molecule has 0 aliphatic rings.